The maximum atomic E-state index is 13.2. The Morgan fingerprint density at radius 1 is 1.00 bits per heavy atom. The standard InChI is InChI=1S/C19H12Cl2F2N2O3/c20-14-4-2-1-3-12(14)10-25(26)18-6-5-11(9-24-18)13-7-16-17(8-15(13)21)28-19(22,23)27-16/h1-9,26H,10H2. The van der Waals surface area contributed by atoms with Crippen LogP contribution in [-0.2, 0) is 6.54 Å². The molecule has 0 saturated heterocycles. The Balaban J connectivity index is 1.57. The zero-order chi connectivity index (χ0) is 19.9. The van der Waals surface area contributed by atoms with Gasteiger partial charge in [0.25, 0.3) is 0 Å². The van der Waals surface area contributed by atoms with E-state index in [1.54, 1.807) is 30.3 Å². The molecular formula is C19H12Cl2F2N2O3. The van der Waals surface area contributed by atoms with Crippen LogP contribution < -0.4 is 14.5 Å². The van der Waals surface area contributed by atoms with Crippen molar-refractivity contribution in [3.8, 4) is 22.6 Å². The molecule has 0 atom stereocenters. The van der Waals surface area contributed by atoms with Gasteiger partial charge in [-0.2, -0.15) is 0 Å². The number of pyridine rings is 1. The molecule has 0 aliphatic carbocycles. The average molecular weight is 425 g/mol. The fourth-order valence-corrected chi connectivity index (χ4v) is 3.22. The van der Waals surface area contributed by atoms with Gasteiger partial charge in [0.15, 0.2) is 17.3 Å². The summed E-state index contributed by atoms with van der Waals surface area (Å²) in [5, 5.41) is 11.9. The van der Waals surface area contributed by atoms with Gasteiger partial charge in [-0.05, 0) is 29.8 Å². The SMILES string of the molecule is ON(Cc1ccccc1Cl)c1ccc(-c2cc3c(cc2Cl)OC(F)(F)O3)cn1. The first-order valence-corrected chi connectivity index (χ1v) is 8.83. The van der Waals surface area contributed by atoms with Gasteiger partial charge in [-0.15, -0.1) is 8.78 Å². The van der Waals surface area contributed by atoms with E-state index in [0.717, 1.165) is 10.6 Å². The van der Waals surface area contributed by atoms with Crippen LogP contribution in [0.25, 0.3) is 11.1 Å². The first-order valence-electron chi connectivity index (χ1n) is 8.08. The third-order valence-corrected chi connectivity index (χ3v) is 4.77. The molecule has 1 N–H and O–H groups in total. The molecule has 9 heteroatoms. The molecule has 144 valence electrons. The molecule has 3 aromatic rings. The van der Waals surface area contributed by atoms with Crippen LogP contribution in [0.15, 0.2) is 54.7 Å². The molecular weight excluding hydrogens is 413 g/mol. The lowest BCUT2D eigenvalue weighted by Gasteiger charge is -2.17. The van der Waals surface area contributed by atoms with Crippen LogP contribution >= 0.6 is 23.2 Å². The Labute approximate surface area is 168 Å². The molecule has 0 fully saturated rings. The minimum atomic E-state index is -3.72. The number of alkyl halides is 2. The minimum Gasteiger partial charge on any atom is -0.395 e. The molecule has 0 saturated carbocycles. The molecule has 0 unspecified atom stereocenters. The van der Waals surface area contributed by atoms with Crippen LogP contribution in [0.3, 0.4) is 0 Å². The number of hydrogen-bond acceptors (Lipinski definition) is 5. The number of fused-ring (bicyclic) bond motifs is 1. The van der Waals surface area contributed by atoms with Crippen molar-refractivity contribution in [3.63, 3.8) is 0 Å². The second kappa shape index (κ2) is 7.09. The lowest BCUT2D eigenvalue weighted by atomic mass is 10.1. The Hall–Kier alpha value is -2.61. The van der Waals surface area contributed by atoms with Gasteiger partial charge in [0.05, 0.1) is 11.6 Å². The monoisotopic (exact) mass is 424 g/mol. The van der Waals surface area contributed by atoms with Crippen LogP contribution in [-0.4, -0.2) is 16.5 Å². The van der Waals surface area contributed by atoms with Gasteiger partial charge in [0.1, 0.15) is 0 Å². The average Bonchev–Trinajstić information content (AvgIpc) is 2.96. The summed E-state index contributed by atoms with van der Waals surface area (Å²) >= 11 is 12.3. The molecule has 1 aliphatic rings. The number of nitrogens with zero attached hydrogens (tertiary/aromatic N) is 2. The highest BCUT2D eigenvalue weighted by molar-refractivity contribution is 6.33. The Morgan fingerprint density at radius 3 is 2.39 bits per heavy atom. The first-order chi connectivity index (χ1) is 13.3. The fraction of sp³-hybridized carbons (Fsp3) is 0.105. The zero-order valence-corrected chi connectivity index (χ0v) is 15.6. The number of rotatable bonds is 4. The highest BCUT2D eigenvalue weighted by Gasteiger charge is 2.43. The summed E-state index contributed by atoms with van der Waals surface area (Å²) in [5.41, 5.74) is 1.73. The Morgan fingerprint density at radius 2 is 1.71 bits per heavy atom. The number of benzene rings is 2. The molecule has 0 spiro atoms. The van der Waals surface area contributed by atoms with E-state index in [1.807, 2.05) is 6.07 Å². The van der Waals surface area contributed by atoms with Crippen molar-refractivity contribution in [2.75, 3.05) is 5.06 Å². The number of hydrogen-bond donors (Lipinski definition) is 1. The van der Waals surface area contributed by atoms with Crippen LogP contribution in [0, 0.1) is 0 Å². The lowest BCUT2D eigenvalue weighted by Crippen LogP contribution is -2.25. The fourth-order valence-electron chi connectivity index (χ4n) is 2.76. The van der Waals surface area contributed by atoms with Gasteiger partial charge in [0.2, 0.25) is 0 Å². The van der Waals surface area contributed by atoms with Crippen LogP contribution in [0.2, 0.25) is 10.0 Å². The number of aromatic nitrogens is 1. The van der Waals surface area contributed by atoms with Gasteiger partial charge < -0.3 is 9.47 Å². The van der Waals surface area contributed by atoms with Crippen molar-refractivity contribution in [1.82, 2.24) is 4.98 Å². The molecule has 1 aromatic heterocycles. The van der Waals surface area contributed by atoms with E-state index in [2.05, 4.69) is 14.5 Å². The smallest absolute Gasteiger partial charge is 0.395 e. The van der Waals surface area contributed by atoms with E-state index in [9.17, 15) is 14.0 Å². The third kappa shape index (κ3) is 3.69. The summed E-state index contributed by atoms with van der Waals surface area (Å²) in [6, 6.07) is 13.0. The van der Waals surface area contributed by atoms with Gasteiger partial charge in [0, 0.05) is 28.4 Å². The molecule has 2 aromatic carbocycles. The zero-order valence-electron chi connectivity index (χ0n) is 14.1. The topological polar surface area (TPSA) is 54.8 Å². The Bertz CT molecular complexity index is 1030. The first kappa shape index (κ1) is 18.7. The van der Waals surface area contributed by atoms with Crippen molar-refractivity contribution in [2.45, 2.75) is 12.8 Å². The van der Waals surface area contributed by atoms with Crippen molar-refractivity contribution >= 4 is 29.0 Å². The van der Waals surface area contributed by atoms with Gasteiger partial charge in [-0.3, -0.25) is 5.21 Å². The summed E-state index contributed by atoms with van der Waals surface area (Å²) in [6.45, 7) is 0.145. The number of ether oxygens (including phenoxy) is 2. The number of hydroxylamine groups is 1. The summed E-state index contributed by atoms with van der Waals surface area (Å²) < 4.78 is 35.3. The van der Waals surface area contributed by atoms with Crippen LogP contribution in [0.1, 0.15) is 5.56 Å². The van der Waals surface area contributed by atoms with E-state index < -0.39 is 6.29 Å². The molecule has 0 radical (unpaired) electrons. The quantitative estimate of drug-likeness (QED) is 0.538. The molecule has 0 bridgehead atoms. The van der Waals surface area contributed by atoms with Crippen molar-refractivity contribution in [2.24, 2.45) is 0 Å². The Kier molecular flexibility index (Phi) is 4.74. The second-order valence-electron chi connectivity index (χ2n) is 6.00. The predicted molar refractivity (Wildman–Crippen MR) is 100 cm³/mol. The van der Waals surface area contributed by atoms with Crippen molar-refractivity contribution in [3.05, 3.63) is 70.3 Å². The van der Waals surface area contributed by atoms with Gasteiger partial charge in [-0.1, -0.05) is 41.4 Å². The molecule has 5 nitrogen and oxygen atoms in total. The highest BCUT2D eigenvalue weighted by atomic mass is 35.5. The predicted octanol–water partition coefficient (Wildman–Crippen LogP) is 5.77. The van der Waals surface area contributed by atoms with E-state index in [0.29, 0.717) is 16.1 Å². The van der Waals surface area contributed by atoms with E-state index in [1.165, 1.54) is 18.3 Å². The molecule has 0 amide bonds. The van der Waals surface area contributed by atoms with Gasteiger partial charge >= 0.3 is 6.29 Å². The van der Waals surface area contributed by atoms with E-state index in [4.69, 9.17) is 23.2 Å². The van der Waals surface area contributed by atoms with E-state index in [-0.39, 0.29) is 28.9 Å². The largest absolute Gasteiger partial charge is 0.586 e. The summed E-state index contributed by atoms with van der Waals surface area (Å²) in [5.74, 6) is 0.0349. The molecule has 2 heterocycles. The highest BCUT2D eigenvalue weighted by Crippen LogP contribution is 2.46. The van der Waals surface area contributed by atoms with Gasteiger partial charge in [-0.25, -0.2) is 10.0 Å². The molecule has 28 heavy (non-hydrogen) atoms. The van der Waals surface area contributed by atoms with Crippen LogP contribution in [0.5, 0.6) is 11.5 Å². The summed E-state index contributed by atoms with van der Waals surface area (Å²) in [7, 11) is 0. The molecule has 1 aliphatic heterocycles. The van der Waals surface area contributed by atoms with Crippen LogP contribution in [0.4, 0.5) is 14.6 Å². The lowest BCUT2D eigenvalue weighted by molar-refractivity contribution is -0.286. The minimum absolute atomic E-state index is 0.115. The normalized spacial score (nSPS) is 14.2. The number of halogens is 4. The third-order valence-electron chi connectivity index (χ3n) is 4.09. The van der Waals surface area contributed by atoms with Crippen molar-refractivity contribution < 1.29 is 23.5 Å². The second-order valence-corrected chi connectivity index (χ2v) is 6.81. The van der Waals surface area contributed by atoms with Crippen molar-refractivity contribution in [1.29, 1.82) is 0 Å². The summed E-state index contributed by atoms with van der Waals surface area (Å²) in [6.07, 6.45) is -2.25. The van der Waals surface area contributed by atoms with E-state index >= 15 is 0 Å². The maximum Gasteiger partial charge on any atom is 0.586 e. The maximum absolute atomic E-state index is 13.2. The number of anilines is 1. The summed E-state index contributed by atoms with van der Waals surface area (Å²) in [4.78, 5) is 4.20. The molecule has 4 rings (SSSR count).